The largest absolute Gasteiger partial charge is 0.494 e. The molecule has 0 radical (unpaired) electrons. The van der Waals surface area contributed by atoms with Gasteiger partial charge in [0.2, 0.25) is 11.8 Å². The molecule has 0 saturated heterocycles. The smallest absolute Gasteiger partial charge is 0.242 e. The predicted molar refractivity (Wildman–Crippen MR) is 148 cm³/mol. The Balaban J connectivity index is 1.51. The Morgan fingerprint density at radius 1 is 1.03 bits per heavy atom. The standard InChI is InChI=1S/C31H41N3O3/c1-4-37-27-15-13-24(14-16-27)21-33(18-17-26-19-32-29-12-8-7-11-28(26)29)30(35)22-34(20-23(2)3)31(36)25-9-5-6-10-25/h7-8,11-16,19,23,25,32H,4-6,9-10,17-18,20-22H2,1-3H3. The van der Waals surface area contributed by atoms with E-state index < -0.39 is 0 Å². The number of hydrogen-bond donors (Lipinski definition) is 1. The molecule has 6 heteroatoms. The second kappa shape index (κ2) is 12.8. The zero-order chi connectivity index (χ0) is 26.2. The van der Waals surface area contributed by atoms with E-state index in [1.807, 2.05) is 59.3 Å². The molecule has 1 aromatic heterocycles. The molecule has 1 aliphatic rings. The van der Waals surface area contributed by atoms with E-state index in [0.29, 0.717) is 32.2 Å². The van der Waals surface area contributed by atoms with Crippen LogP contribution in [0.5, 0.6) is 5.75 Å². The number of aromatic amines is 1. The van der Waals surface area contributed by atoms with Gasteiger partial charge in [-0.25, -0.2) is 0 Å². The van der Waals surface area contributed by atoms with Crippen molar-refractivity contribution >= 4 is 22.7 Å². The van der Waals surface area contributed by atoms with Crippen LogP contribution in [-0.4, -0.2) is 52.8 Å². The number of nitrogens with one attached hydrogen (secondary N) is 1. The number of rotatable bonds is 12. The van der Waals surface area contributed by atoms with Gasteiger partial charge in [-0.3, -0.25) is 9.59 Å². The van der Waals surface area contributed by atoms with Crippen LogP contribution in [0.2, 0.25) is 0 Å². The summed E-state index contributed by atoms with van der Waals surface area (Å²) in [6.07, 6.45) is 6.88. The van der Waals surface area contributed by atoms with E-state index in [2.05, 4.69) is 31.0 Å². The van der Waals surface area contributed by atoms with E-state index in [1.54, 1.807) is 0 Å². The van der Waals surface area contributed by atoms with Gasteiger partial charge in [0, 0.05) is 42.7 Å². The number of benzene rings is 2. The van der Waals surface area contributed by atoms with Crippen molar-refractivity contribution in [3.05, 3.63) is 65.9 Å². The highest BCUT2D eigenvalue weighted by Crippen LogP contribution is 2.27. The maximum Gasteiger partial charge on any atom is 0.242 e. The van der Waals surface area contributed by atoms with Crippen LogP contribution < -0.4 is 4.74 Å². The third-order valence-corrected chi connectivity index (χ3v) is 7.21. The van der Waals surface area contributed by atoms with Crippen LogP contribution in [0.15, 0.2) is 54.7 Å². The minimum Gasteiger partial charge on any atom is -0.494 e. The van der Waals surface area contributed by atoms with Crippen LogP contribution in [0.25, 0.3) is 10.9 Å². The average Bonchev–Trinajstić information content (AvgIpc) is 3.57. The molecule has 2 amide bonds. The molecule has 6 nitrogen and oxygen atoms in total. The number of ether oxygens (including phenoxy) is 1. The number of carbonyl (C=O) groups excluding carboxylic acids is 2. The SMILES string of the molecule is CCOc1ccc(CN(CCc2c[nH]c3ccccc23)C(=O)CN(CC(C)C)C(=O)C2CCCC2)cc1. The third-order valence-electron chi connectivity index (χ3n) is 7.21. The molecule has 0 atom stereocenters. The van der Waals surface area contributed by atoms with Gasteiger partial charge in [-0.2, -0.15) is 0 Å². The van der Waals surface area contributed by atoms with Gasteiger partial charge >= 0.3 is 0 Å². The summed E-state index contributed by atoms with van der Waals surface area (Å²) in [6, 6.07) is 16.2. The number of nitrogens with zero attached hydrogens (tertiary/aromatic N) is 2. The second-order valence-corrected chi connectivity index (χ2v) is 10.6. The summed E-state index contributed by atoms with van der Waals surface area (Å²) < 4.78 is 5.59. The number of carbonyl (C=O) groups is 2. The van der Waals surface area contributed by atoms with E-state index in [0.717, 1.165) is 48.9 Å². The summed E-state index contributed by atoms with van der Waals surface area (Å²) in [4.78, 5) is 34.1. The third kappa shape index (κ3) is 7.15. The van der Waals surface area contributed by atoms with Crippen LogP contribution in [-0.2, 0) is 22.6 Å². The Morgan fingerprint density at radius 3 is 2.46 bits per heavy atom. The van der Waals surface area contributed by atoms with Crippen LogP contribution in [0.3, 0.4) is 0 Å². The lowest BCUT2D eigenvalue weighted by atomic mass is 10.1. The lowest BCUT2D eigenvalue weighted by Crippen LogP contribution is -2.46. The lowest BCUT2D eigenvalue weighted by Gasteiger charge is -2.30. The van der Waals surface area contributed by atoms with Gasteiger partial charge in [0.1, 0.15) is 5.75 Å². The number of amides is 2. The topological polar surface area (TPSA) is 65.6 Å². The zero-order valence-corrected chi connectivity index (χ0v) is 22.5. The van der Waals surface area contributed by atoms with E-state index in [4.69, 9.17) is 4.74 Å². The highest BCUT2D eigenvalue weighted by atomic mass is 16.5. The van der Waals surface area contributed by atoms with E-state index in [1.165, 1.54) is 10.9 Å². The summed E-state index contributed by atoms with van der Waals surface area (Å²) >= 11 is 0. The zero-order valence-electron chi connectivity index (χ0n) is 22.5. The molecule has 1 N–H and O–H groups in total. The summed E-state index contributed by atoms with van der Waals surface area (Å²) in [7, 11) is 0. The number of H-pyrrole nitrogens is 1. The Labute approximate surface area is 221 Å². The molecule has 0 aliphatic heterocycles. The Morgan fingerprint density at radius 2 is 1.76 bits per heavy atom. The van der Waals surface area contributed by atoms with E-state index >= 15 is 0 Å². The summed E-state index contributed by atoms with van der Waals surface area (Å²) in [5.74, 6) is 1.35. The fraction of sp³-hybridized carbons (Fsp3) is 0.484. The summed E-state index contributed by atoms with van der Waals surface area (Å²) in [5.41, 5.74) is 3.35. The van der Waals surface area contributed by atoms with Gasteiger partial charge in [-0.15, -0.1) is 0 Å². The van der Waals surface area contributed by atoms with Gasteiger partial charge in [-0.05, 0) is 61.4 Å². The van der Waals surface area contributed by atoms with Gasteiger partial charge in [0.15, 0.2) is 0 Å². The summed E-state index contributed by atoms with van der Waals surface area (Å²) in [5, 5.41) is 1.19. The van der Waals surface area contributed by atoms with Crippen molar-refractivity contribution in [2.75, 3.05) is 26.2 Å². The first-order chi connectivity index (χ1) is 17.9. The molecule has 2 aromatic carbocycles. The minimum atomic E-state index is 0.000669. The van der Waals surface area contributed by atoms with Gasteiger partial charge in [0.25, 0.3) is 0 Å². The van der Waals surface area contributed by atoms with Gasteiger partial charge < -0.3 is 19.5 Å². The number of para-hydroxylation sites is 1. The quantitative estimate of drug-likeness (QED) is 0.339. The normalized spacial score (nSPS) is 13.8. The highest BCUT2D eigenvalue weighted by molar-refractivity contribution is 5.86. The summed E-state index contributed by atoms with van der Waals surface area (Å²) in [6.45, 7) is 8.63. The van der Waals surface area contributed by atoms with E-state index in [-0.39, 0.29) is 24.3 Å². The van der Waals surface area contributed by atoms with Crippen molar-refractivity contribution in [1.29, 1.82) is 0 Å². The van der Waals surface area contributed by atoms with Crippen LogP contribution in [0.1, 0.15) is 57.6 Å². The van der Waals surface area contributed by atoms with Crippen molar-refractivity contribution < 1.29 is 14.3 Å². The fourth-order valence-electron chi connectivity index (χ4n) is 5.33. The molecule has 4 rings (SSSR count). The monoisotopic (exact) mass is 503 g/mol. The lowest BCUT2D eigenvalue weighted by molar-refractivity contribution is -0.143. The minimum absolute atomic E-state index is 0.000669. The molecule has 1 aliphatic carbocycles. The average molecular weight is 504 g/mol. The maximum atomic E-state index is 13.8. The number of aromatic nitrogens is 1. The molecule has 37 heavy (non-hydrogen) atoms. The molecule has 3 aromatic rings. The Bertz CT molecular complexity index is 1160. The fourth-order valence-corrected chi connectivity index (χ4v) is 5.33. The first-order valence-corrected chi connectivity index (χ1v) is 13.8. The van der Waals surface area contributed by atoms with Crippen molar-refractivity contribution in [3.8, 4) is 5.75 Å². The number of hydrogen-bond acceptors (Lipinski definition) is 3. The molecule has 1 heterocycles. The van der Waals surface area contributed by atoms with Crippen molar-refractivity contribution in [2.24, 2.45) is 11.8 Å². The van der Waals surface area contributed by atoms with Crippen molar-refractivity contribution in [1.82, 2.24) is 14.8 Å². The molecule has 1 fully saturated rings. The van der Waals surface area contributed by atoms with Crippen LogP contribution in [0, 0.1) is 11.8 Å². The predicted octanol–water partition coefficient (Wildman–Crippen LogP) is 5.81. The Kier molecular flexibility index (Phi) is 9.26. The van der Waals surface area contributed by atoms with Crippen LogP contribution >= 0.6 is 0 Å². The second-order valence-electron chi connectivity index (χ2n) is 10.6. The molecular weight excluding hydrogens is 462 g/mol. The molecule has 0 spiro atoms. The maximum absolute atomic E-state index is 13.8. The molecule has 0 unspecified atom stereocenters. The first kappa shape index (κ1) is 26.8. The van der Waals surface area contributed by atoms with Gasteiger partial charge in [-0.1, -0.05) is 57.0 Å². The molecular formula is C31H41N3O3. The Hall–Kier alpha value is -3.28. The molecule has 198 valence electrons. The van der Waals surface area contributed by atoms with Crippen molar-refractivity contribution in [2.45, 2.75) is 59.4 Å². The molecule has 0 bridgehead atoms. The van der Waals surface area contributed by atoms with Crippen LogP contribution in [0.4, 0.5) is 0 Å². The van der Waals surface area contributed by atoms with Crippen molar-refractivity contribution in [3.63, 3.8) is 0 Å². The first-order valence-electron chi connectivity index (χ1n) is 13.8. The van der Waals surface area contributed by atoms with E-state index in [9.17, 15) is 9.59 Å². The number of fused-ring (bicyclic) bond motifs is 1. The highest BCUT2D eigenvalue weighted by Gasteiger charge is 2.30. The molecule has 1 saturated carbocycles. The van der Waals surface area contributed by atoms with Gasteiger partial charge in [0.05, 0.1) is 13.2 Å².